The normalized spacial score (nSPS) is 11.1. The molecule has 140 valence electrons. The average Bonchev–Trinajstić information content (AvgIpc) is 2.64. The first kappa shape index (κ1) is 19.6. The molecule has 4 nitrogen and oxygen atoms in total. The van der Waals surface area contributed by atoms with Gasteiger partial charge in [0.2, 0.25) is 0 Å². The number of carbonyl (C=O) groups excluding carboxylic acids is 1. The summed E-state index contributed by atoms with van der Waals surface area (Å²) in [5.41, 5.74) is 2.73. The topological polar surface area (TPSA) is 45.2 Å². The van der Waals surface area contributed by atoms with E-state index < -0.39 is 0 Å². The van der Waals surface area contributed by atoms with Crippen molar-refractivity contribution in [3.8, 4) is 11.3 Å². The zero-order valence-corrected chi connectivity index (χ0v) is 16.8. The largest absolute Gasteiger partial charge is 0.352 e. The Labute approximate surface area is 169 Å². The highest BCUT2D eigenvalue weighted by atomic mass is 35.5. The Morgan fingerprint density at radius 1 is 1.11 bits per heavy atom. The predicted molar refractivity (Wildman–Crippen MR) is 113 cm³/mol. The van der Waals surface area contributed by atoms with E-state index in [4.69, 9.17) is 23.2 Å². The minimum atomic E-state index is -0.112. The van der Waals surface area contributed by atoms with Crippen LogP contribution in [0.15, 0.2) is 48.5 Å². The van der Waals surface area contributed by atoms with E-state index in [2.05, 4.69) is 15.2 Å². The quantitative estimate of drug-likeness (QED) is 0.597. The van der Waals surface area contributed by atoms with Gasteiger partial charge in [0.25, 0.3) is 5.91 Å². The molecule has 3 aromatic rings. The van der Waals surface area contributed by atoms with E-state index >= 15 is 0 Å². The molecular weight excluding hydrogens is 381 g/mol. The van der Waals surface area contributed by atoms with Crippen molar-refractivity contribution in [3.05, 3.63) is 64.1 Å². The first-order valence-electron chi connectivity index (χ1n) is 8.74. The van der Waals surface area contributed by atoms with Crippen LogP contribution < -0.4 is 5.32 Å². The Balaban J connectivity index is 1.97. The molecule has 27 heavy (non-hydrogen) atoms. The van der Waals surface area contributed by atoms with Gasteiger partial charge in [-0.2, -0.15) is 0 Å². The molecule has 0 unspecified atom stereocenters. The zero-order valence-electron chi connectivity index (χ0n) is 15.3. The molecule has 2 aromatic carbocycles. The number of amides is 1. The summed E-state index contributed by atoms with van der Waals surface area (Å²) >= 11 is 12.4. The first-order chi connectivity index (χ1) is 13.0. The number of hydrogen-bond acceptors (Lipinski definition) is 3. The molecule has 3 rings (SSSR count). The molecule has 0 aliphatic rings. The van der Waals surface area contributed by atoms with Gasteiger partial charge in [-0.15, -0.1) is 0 Å². The van der Waals surface area contributed by atoms with E-state index in [0.717, 1.165) is 29.4 Å². The molecule has 1 N–H and O–H groups in total. The molecule has 0 spiro atoms. The van der Waals surface area contributed by atoms with Crippen molar-refractivity contribution >= 4 is 40.0 Å². The Morgan fingerprint density at radius 3 is 2.63 bits per heavy atom. The fourth-order valence-electron chi connectivity index (χ4n) is 2.89. The Hall–Kier alpha value is -2.14. The molecule has 0 saturated heterocycles. The maximum Gasteiger partial charge on any atom is 0.252 e. The van der Waals surface area contributed by atoms with Crippen molar-refractivity contribution in [2.45, 2.75) is 6.42 Å². The van der Waals surface area contributed by atoms with Gasteiger partial charge >= 0.3 is 0 Å². The number of pyridine rings is 1. The van der Waals surface area contributed by atoms with Gasteiger partial charge in [-0.25, -0.2) is 4.98 Å². The van der Waals surface area contributed by atoms with Gasteiger partial charge in [-0.1, -0.05) is 41.4 Å². The highest BCUT2D eigenvalue weighted by Crippen LogP contribution is 2.31. The zero-order chi connectivity index (χ0) is 19.4. The summed E-state index contributed by atoms with van der Waals surface area (Å²) in [6.45, 7) is 1.54. The maximum atomic E-state index is 12.8. The molecule has 0 aliphatic heterocycles. The van der Waals surface area contributed by atoms with E-state index in [1.807, 2.05) is 44.4 Å². The van der Waals surface area contributed by atoms with Crippen molar-refractivity contribution < 1.29 is 4.79 Å². The maximum absolute atomic E-state index is 12.8. The molecule has 0 atom stereocenters. The van der Waals surface area contributed by atoms with Crippen LogP contribution in [0.3, 0.4) is 0 Å². The van der Waals surface area contributed by atoms with Crippen LogP contribution in [0.1, 0.15) is 16.8 Å². The third-order valence-electron chi connectivity index (χ3n) is 4.24. The summed E-state index contributed by atoms with van der Waals surface area (Å²) < 4.78 is 0. The molecule has 1 aromatic heterocycles. The highest BCUT2D eigenvalue weighted by Gasteiger charge is 2.15. The fourth-order valence-corrected chi connectivity index (χ4v) is 3.40. The van der Waals surface area contributed by atoms with Crippen LogP contribution in [0.4, 0.5) is 0 Å². The van der Waals surface area contributed by atoms with E-state index in [1.54, 1.807) is 18.2 Å². The van der Waals surface area contributed by atoms with Crippen molar-refractivity contribution in [2.75, 3.05) is 27.2 Å². The molecule has 1 heterocycles. The number of aromatic nitrogens is 1. The number of nitrogens with zero attached hydrogens (tertiary/aromatic N) is 2. The minimum Gasteiger partial charge on any atom is -0.352 e. The smallest absolute Gasteiger partial charge is 0.252 e. The molecule has 1 amide bonds. The predicted octanol–water partition coefficient (Wildman–Crippen LogP) is 4.89. The molecule has 0 radical (unpaired) electrons. The number of para-hydroxylation sites is 1. The second kappa shape index (κ2) is 8.70. The van der Waals surface area contributed by atoms with Gasteiger partial charge in [-0.3, -0.25) is 4.79 Å². The van der Waals surface area contributed by atoms with Crippen LogP contribution in [-0.2, 0) is 0 Å². The highest BCUT2D eigenvalue weighted by molar-refractivity contribution is 6.36. The molecule has 6 heteroatoms. The Morgan fingerprint density at radius 2 is 1.89 bits per heavy atom. The number of benzene rings is 2. The number of fused-ring (bicyclic) bond motifs is 1. The van der Waals surface area contributed by atoms with Crippen molar-refractivity contribution in [1.82, 2.24) is 15.2 Å². The lowest BCUT2D eigenvalue weighted by molar-refractivity contribution is 0.0954. The molecule has 0 aliphatic carbocycles. The van der Waals surface area contributed by atoms with Crippen molar-refractivity contribution in [3.63, 3.8) is 0 Å². The van der Waals surface area contributed by atoms with E-state index in [-0.39, 0.29) is 5.91 Å². The van der Waals surface area contributed by atoms with Gasteiger partial charge in [0.15, 0.2) is 0 Å². The summed E-state index contributed by atoms with van der Waals surface area (Å²) in [6, 6.07) is 14.7. The number of nitrogens with one attached hydrogen (secondary N) is 1. The standard InChI is InChI=1S/C21H21Cl2N3O/c1-26(2)11-5-10-24-21(27)17-13-20(16-9-8-14(22)12-18(16)23)25-19-7-4-3-6-15(17)19/h3-4,6-9,12-13H,5,10-11H2,1-2H3,(H,24,27). The van der Waals surface area contributed by atoms with Gasteiger partial charge < -0.3 is 10.2 Å². The summed E-state index contributed by atoms with van der Waals surface area (Å²) in [5, 5.41) is 4.88. The van der Waals surface area contributed by atoms with Crippen molar-refractivity contribution in [2.24, 2.45) is 0 Å². The number of halogens is 2. The molecule has 0 bridgehead atoms. The third-order valence-corrected chi connectivity index (χ3v) is 4.78. The van der Waals surface area contributed by atoms with Gasteiger partial charge in [0, 0.05) is 22.5 Å². The third kappa shape index (κ3) is 4.78. The van der Waals surface area contributed by atoms with Crippen LogP contribution >= 0.6 is 23.2 Å². The fraction of sp³-hybridized carbons (Fsp3) is 0.238. The monoisotopic (exact) mass is 401 g/mol. The van der Waals surface area contributed by atoms with Crippen LogP contribution in [0, 0.1) is 0 Å². The van der Waals surface area contributed by atoms with Crippen LogP contribution in [0.2, 0.25) is 10.0 Å². The average molecular weight is 402 g/mol. The van der Waals surface area contributed by atoms with Crippen molar-refractivity contribution in [1.29, 1.82) is 0 Å². The van der Waals surface area contributed by atoms with Gasteiger partial charge in [0.1, 0.15) is 0 Å². The first-order valence-corrected chi connectivity index (χ1v) is 9.49. The van der Waals surface area contributed by atoms with Crippen LogP contribution in [-0.4, -0.2) is 43.0 Å². The second-order valence-electron chi connectivity index (χ2n) is 6.61. The van der Waals surface area contributed by atoms with Gasteiger partial charge in [0.05, 0.1) is 21.8 Å². The number of carbonyl (C=O) groups is 1. The lowest BCUT2D eigenvalue weighted by atomic mass is 10.0. The number of hydrogen-bond donors (Lipinski definition) is 1. The minimum absolute atomic E-state index is 0.112. The molecule has 0 fully saturated rings. The second-order valence-corrected chi connectivity index (χ2v) is 7.45. The summed E-state index contributed by atoms with van der Waals surface area (Å²) in [6.07, 6.45) is 0.887. The van der Waals surface area contributed by atoms with E-state index in [9.17, 15) is 4.79 Å². The Bertz CT molecular complexity index is 973. The van der Waals surface area contributed by atoms with Gasteiger partial charge in [-0.05, 0) is 57.4 Å². The molecule has 0 saturated carbocycles. The summed E-state index contributed by atoms with van der Waals surface area (Å²) in [7, 11) is 4.03. The Kier molecular flexibility index (Phi) is 6.32. The SMILES string of the molecule is CN(C)CCCNC(=O)c1cc(-c2ccc(Cl)cc2Cl)nc2ccccc12. The summed E-state index contributed by atoms with van der Waals surface area (Å²) in [5.74, 6) is -0.112. The summed E-state index contributed by atoms with van der Waals surface area (Å²) in [4.78, 5) is 19.6. The molecular formula is C21H21Cl2N3O. The van der Waals surface area contributed by atoms with E-state index in [1.165, 1.54) is 0 Å². The lowest BCUT2D eigenvalue weighted by Gasteiger charge is -2.13. The van der Waals surface area contributed by atoms with Crippen LogP contribution in [0.5, 0.6) is 0 Å². The lowest BCUT2D eigenvalue weighted by Crippen LogP contribution is -2.27. The number of rotatable bonds is 6. The van der Waals surface area contributed by atoms with E-state index in [0.29, 0.717) is 27.8 Å². The van der Waals surface area contributed by atoms with Crippen LogP contribution in [0.25, 0.3) is 22.2 Å².